The lowest BCUT2D eigenvalue weighted by Gasteiger charge is -2.10. The van der Waals surface area contributed by atoms with E-state index >= 15 is 0 Å². The molecular formula is C22H22N4O4. The quantitative estimate of drug-likeness (QED) is 0.432. The van der Waals surface area contributed by atoms with Crippen LogP contribution in [-0.2, 0) is 13.2 Å². The van der Waals surface area contributed by atoms with Crippen LogP contribution in [0, 0.1) is 6.92 Å². The minimum Gasteiger partial charge on any atom is -0.485 e. The lowest BCUT2D eigenvalue weighted by atomic mass is 10.2. The van der Waals surface area contributed by atoms with Crippen LogP contribution < -0.4 is 14.9 Å². The molecule has 0 spiro atoms. The molecule has 8 heteroatoms. The Morgan fingerprint density at radius 2 is 1.93 bits per heavy atom. The van der Waals surface area contributed by atoms with Gasteiger partial charge < -0.3 is 13.9 Å². The van der Waals surface area contributed by atoms with Crippen LogP contribution in [0.3, 0.4) is 0 Å². The number of aromatic nitrogens is 4. The monoisotopic (exact) mass is 406 g/mol. The first kappa shape index (κ1) is 19.6. The Morgan fingerprint density at radius 3 is 2.73 bits per heavy atom. The highest BCUT2D eigenvalue weighted by Gasteiger charge is 2.15. The molecule has 0 aliphatic rings. The van der Waals surface area contributed by atoms with Crippen molar-refractivity contribution in [2.75, 3.05) is 0 Å². The van der Waals surface area contributed by atoms with Gasteiger partial charge in [-0.25, -0.2) is 4.68 Å². The first-order valence-corrected chi connectivity index (χ1v) is 9.84. The predicted molar refractivity (Wildman–Crippen MR) is 111 cm³/mol. The van der Waals surface area contributed by atoms with E-state index in [0.717, 1.165) is 19.4 Å². The van der Waals surface area contributed by atoms with E-state index in [1.807, 2.05) is 18.2 Å². The van der Waals surface area contributed by atoms with Crippen LogP contribution in [0.15, 0.2) is 57.7 Å². The van der Waals surface area contributed by atoms with E-state index in [0.29, 0.717) is 34.1 Å². The van der Waals surface area contributed by atoms with Gasteiger partial charge in [-0.15, -0.1) is 5.10 Å². The van der Waals surface area contributed by atoms with Crippen molar-refractivity contribution in [3.8, 4) is 17.2 Å². The van der Waals surface area contributed by atoms with Crippen molar-refractivity contribution >= 4 is 11.0 Å². The Hall–Kier alpha value is -3.68. The molecule has 4 rings (SSSR count). The first-order valence-electron chi connectivity index (χ1n) is 9.84. The second-order valence-electron chi connectivity index (χ2n) is 6.85. The summed E-state index contributed by atoms with van der Waals surface area (Å²) in [5.74, 6) is 2.36. The van der Waals surface area contributed by atoms with E-state index in [-0.39, 0.29) is 17.8 Å². The molecule has 0 fully saturated rings. The summed E-state index contributed by atoms with van der Waals surface area (Å²) in [7, 11) is 0. The molecule has 0 unspecified atom stereocenters. The van der Waals surface area contributed by atoms with Gasteiger partial charge in [-0.05, 0) is 48.0 Å². The third-order valence-corrected chi connectivity index (χ3v) is 4.65. The maximum Gasteiger partial charge on any atom is 0.235 e. The highest BCUT2D eigenvalue weighted by Crippen LogP contribution is 2.27. The van der Waals surface area contributed by atoms with Gasteiger partial charge >= 0.3 is 0 Å². The number of fused-ring (bicyclic) bond motifs is 1. The van der Waals surface area contributed by atoms with Crippen molar-refractivity contribution in [2.24, 2.45) is 0 Å². The van der Waals surface area contributed by atoms with Crippen LogP contribution in [0.4, 0.5) is 0 Å². The lowest BCUT2D eigenvalue weighted by molar-refractivity contribution is 0.285. The Balaban J connectivity index is 1.55. The molecule has 0 aliphatic heterocycles. The fourth-order valence-electron chi connectivity index (χ4n) is 3.04. The SMILES string of the molecule is CCCCn1nnnc1COc1ccc2c(=O)c(Oc3ccccc3)c(C)oc2c1. The zero-order valence-electron chi connectivity index (χ0n) is 16.9. The molecule has 30 heavy (non-hydrogen) atoms. The van der Waals surface area contributed by atoms with Crippen LogP contribution in [0.1, 0.15) is 31.4 Å². The maximum atomic E-state index is 12.9. The molecule has 0 radical (unpaired) electrons. The number of aryl methyl sites for hydroxylation is 2. The van der Waals surface area contributed by atoms with Gasteiger partial charge in [0.15, 0.2) is 5.82 Å². The highest BCUT2D eigenvalue weighted by atomic mass is 16.5. The summed E-state index contributed by atoms with van der Waals surface area (Å²) >= 11 is 0. The number of para-hydroxylation sites is 1. The van der Waals surface area contributed by atoms with Crippen molar-refractivity contribution in [3.63, 3.8) is 0 Å². The van der Waals surface area contributed by atoms with Crippen LogP contribution in [-0.4, -0.2) is 20.2 Å². The van der Waals surface area contributed by atoms with Gasteiger partial charge in [-0.2, -0.15) is 0 Å². The van der Waals surface area contributed by atoms with E-state index in [4.69, 9.17) is 13.9 Å². The highest BCUT2D eigenvalue weighted by molar-refractivity contribution is 5.79. The van der Waals surface area contributed by atoms with Crippen LogP contribution in [0.25, 0.3) is 11.0 Å². The zero-order valence-corrected chi connectivity index (χ0v) is 16.9. The summed E-state index contributed by atoms with van der Waals surface area (Å²) in [6.07, 6.45) is 2.05. The maximum absolute atomic E-state index is 12.9. The number of nitrogens with zero attached hydrogens (tertiary/aromatic N) is 4. The second kappa shape index (κ2) is 8.77. The molecule has 0 N–H and O–H groups in total. The topological polar surface area (TPSA) is 92.3 Å². The molecule has 4 aromatic rings. The molecule has 0 saturated heterocycles. The molecule has 2 heterocycles. The molecule has 0 saturated carbocycles. The van der Waals surface area contributed by atoms with E-state index in [9.17, 15) is 4.79 Å². The summed E-state index contributed by atoms with van der Waals surface area (Å²) in [5.41, 5.74) is 0.202. The fraction of sp³-hybridized carbons (Fsp3) is 0.273. The molecule has 154 valence electrons. The predicted octanol–water partition coefficient (Wildman–Crippen LogP) is 4.26. The molecule has 0 aliphatic carbocycles. The van der Waals surface area contributed by atoms with Crippen LogP contribution >= 0.6 is 0 Å². The van der Waals surface area contributed by atoms with Gasteiger partial charge in [0.1, 0.15) is 29.4 Å². The first-order chi connectivity index (χ1) is 14.7. The average molecular weight is 406 g/mol. The van der Waals surface area contributed by atoms with Crippen molar-refractivity contribution < 1.29 is 13.9 Å². The number of hydrogen-bond acceptors (Lipinski definition) is 7. The standard InChI is InChI=1S/C22H22N4O4/c1-3-4-12-26-20(23-24-25-26)14-28-17-10-11-18-19(13-17)29-15(2)22(21(18)27)30-16-8-6-5-7-9-16/h5-11,13H,3-4,12,14H2,1-2H3. The number of unbranched alkanes of at least 4 members (excludes halogenated alkanes) is 1. The third kappa shape index (κ3) is 4.17. The Bertz CT molecular complexity index is 1200. The van der Waals surface area contributed by atoms with Crippen LogP contribution in [0.5, 0.6) is 17.2 Å². The number of hydrogen-bond donors (Lipinski definition) is 0. The Kier molecular flexibility index (Phi) is 5.74. The molecule has 2 aromatic carbocycles. The average Bonchev–Trinajstić information content (AvgIpc) is 3.21. The van der Waals surface area contributed by atoms with Gasteiger partial charge in [-0.3, -0.25) is 4.79 Å². The summed E-state index contributed by atoms with van der Waals surface area (Å²) < 4.78 is 19.2. The number of rotatable bonds is 8. The minimum absolute atomic E-state index is 0.178. The van der Waals surface area contributed by atoms with Gasteiger partial charge in [0.05, 0.1) is 5.39 Å². The molecule has 0 atom stereocenters. The van der Waals surface area contributed by atoms with Gasteiger partial charge in [-0.1, -0.05) is 31.5 Å². The van der Waals surface area contributed by atoms with E-state index < -0.39 is 0 Å². The number of tetrazole rings is 1. The van der Waals surface area contributed by atoms with E-state index in [1.54, 1.807) is 41.9 Å². The molecule has 2 aromatic heterocycles. The smallest absolute Gasteiger partial charge is 0.235 e. The second-order valence-corrected chi connectivity index (χ2v) is 6.85. The zero-order chi connectivity index (χ0) is 20.9. The third-order valence-electron chi connectivity index (χ3n) is 4.65. The Labute approximate surface area is 173 Å². The lowest BCUT2D eigenvalue weighted by Crippen LogP contribution is -2.09. The van der Waals surface area contributed by atoms with Crippen molar-refractivity contribution in [2.45, 2.75) is 39.8 Å². The fourth-order valence-corrected chi connectivity index (χ4v) is 3.04. The summed E-state index contributed by atoms with van der Waals surface area (Å²) in [6.45, 7) is 4.79. The minimum atomic E-state index is -0.229. The molecule has 0 amide bonds. The Morgan fingerprint density at radius 1 is 1.10 bits per heavy atom. The molecule has 0 bridgehead atoms. The van der Waals surface area contributed by atoms with Gasteiger partial charge in [0, 0.05) is 12.6 Å². The van der Waals surface area contributed by atoms with Crippen molar-refractivity contribution in [1.82, 2.24) is 20.2 Å². The normalized spacial score (nSPS) is 11.0. The van der Waals surface area contributed by atoms with Crippen molar-refractivity contribution in [1.29, 1.82) is 0 Å². The summed E-state index contributed by atoms with van der Waals surface area (Å²) in [6, 6.07) is 14.2. The van der Waals surface area contributed by atoms with E-state index in [2.05, 4.69) is 22.4 Å². The van der Waals surface area contributed by atoms with Gasteiger partial charge in [0.2, 0.25) is 11.2 Å². The summed E-state index contributed by atoms with van der Waals surface area (Å²) in [5, 5.41) is 12.1. The molecular weight excluding hydrogens is 384 g/mol. The van der Waals surface area contributed by atoms with Gasteiger partial charge in [0.25, 0.3) is 0 Å². The van der Waals surface area contributed by atoms with Crippen LogP contribution in [0.2, 0.25) is 0 Å². The molecule has 8 nitrogen and oxygen atoms in total. The summed E-state index contributed by atoms with van der Waals surface area (Å²) in [4.78, 5) is 12.9. The largest absolute Gasteiger partial charge is 0.485 e. The number of benzene rings is 2. The van der Waals surface area contributed by atoms with Crippen molar-refractivity contribution in [3.05, 3.63) is 70.3 Å². The number of ether oxygens (including phenoxy) is 2. The van der Waals surface area contributed by atoms with E-state index in [1.165, 1.54) is 0 Å².